The standard InChI is InChI=1S/C14H15NO5/c1-4-10-12(14(16)17)20-13(15-10)9-7-8(18-2)5-6-11(9)19-3/h5-7H,4H2,1-3H3,(H,16,17). The van der Waals surface area contributed by atoms with Crippen molar-refractivity contribution in [2.45, 2.75) is 13.3 Å². The predicted octanol–water partition coefficient (Wildman–Crippen LogP) is 2.62. The first-order valence-electron chi connectivity index (χ1n) is 6.06. The van der Waals surface area contributed by atoms with Crippen LogP contribution in [0.4, 0.5) is 0 Å². The number of hydrogen-bond donors (Lipinski definition) is 1. The van der Waals surface area contributed by atoms with Crippen LogP contribution in [0.5, 0.6) is 11.5 Å². The maximum absolute atomic E-state index is 11.1. The molecule has 0 amide bonds. The molecule has 2 aromatic rings. The Morgan fingerprint density at radius 1 is 1.35 bits per heavy atom. The molecule has 0 saturated carbocycles. The van der Waals surface area contributed by atoms with Crippen molar-refractivity contribution in [3.05, 3.63) is 29.7 Å². The highest BCUT2D eigenvalue weighted by Gasteiger charge is 2.21. The number of carboxylic acids is 1. The largest absolute Gasteiger partial charge is 0.497 e. The van der Waals surface area contributed by atoms with Crippen molar-refractivity contribution in [3.8, 4) is 23.0 Å². The van der Waals surface area contributed by atoms with E-state index >= 15 is 0 Å². The van der Waals surface area contributed by atoms with Crippen molar-refractivity contribution in [1.82, 2.24) is 4.98 Å². The molecule has 0 bridgehead atoms. The number of aromatic nitrogens is 1. The van der Waals surface area contributed by atoms with Gasteiger partial charge in [0.15, 0.2) is 0 Å². The van der Waals surface area contributed by atoms with Gasteiger partial charge in [-0.15, -0.1) is 0 Å². The van der Waals surface area contributed by atoms with Gasteiger partial charge in [0.25, 0.3) is 0 Å². The van der Waals surface area contributed by atoms with E-state index in [2.05, 4.69) is 4.98 Å². The lowest BCUT2D eigenvalue weighted by Gasteiger charge is -2.07. The van der Waals surface area contributed by atoms with Gasteiger partial charge >= 0.3 is 5.97 Å². The first kappa shape index (κ1) is 13.9. The minimum absolute atomic E-state index is 0.146. The summed E-state index contributed by atoms with van der Waals surface area (Å²) in [5.74, 6) is 0.0606. The minimum Gasteiger partial charge on any atom is -0.497 e. The first-order valence-corrected chi connectivity index (χ1v) is 6.06. The zero-order valence-corrected chi connectivity index (χ0v) is 11.5. The molecule has 0 aliphatic rings. The topological polar surface area (TPSA) is 81.8 Å². The fraction of sp³-hybridized carbons (Fsp3) is 0.286. The SMILES string of the molecule is CCc1nc(-c2cc(OC)ccc2OC)oc1C(=O)O. The van der Waals surface area contributed by atoms with E-state index in [9.17, 15) is 4.79 Å². The monoisotopic (exact) mass is 277 g/mol. The number of aryl methyl sites for hydroxylation is 1. The highest BCUT2D eigenvalue weighted by atomic mass is 16.5. The van der Waals surface area contributed by atoms with Crippen molar-refractivity contribution in [3.63, 3.8) is 0 Å². The summed E-state index contributed by atoms with van der Waals surface area (Å²) in [6.07, 6.45) is 0.470. The molecule has 0 unspecified atom stereocenters. The molecule has 1 heterocycles. The molecule has 1 aromatic heterocycles. The summed E-state index contributed by atoms with van der Waals surface area (Å²) in [6.45, 7) is 1.82. The van der Waals surface area contributed by atoms with E-state index < -0.39 is 5.97 Å². The van der Waals surface area contributed by atoms with Crippen molar-refractivity contribution < 1.29 is 23.8 Å². The predicted molar refractivity (Wildman–Crippen MR) is 71.4 cm³/mol. The number of benzene rings is 1. The lowest BCUT2D eigenvalue weighted by Crippen LogP contribution is -1.98. The number of oxazole rings is 1. The van der Waals surface area contributed by atoms with E-state index in [4.69, 9.17) is 19.0 Å². The van der Waals surface area contributed by atoms with Crippen LogP contribution in [0.25, 0.3) is 11.5 Å². The van der Waals surface area contributed by atoms with Crippen LogP contribution < -0.4 is 9.47 Å². The molecule has 0 radical (unpaired) electrons. The quantitative estimate of drug-likeness (QED) is 0.904. The van der Waals surface area contributed by atoms with Crippen molar-refractivity contribution >= 4 is 5.97 Å². The molecule has 20 heavy (non-hydrogen) atoms. The lowest BCUT2D eigenvalue weighted by molar-refractivity contribution is 0.0662. The van der Waals surface area contributed by atoms with Gasteiger partial charge in [-0.25, -0.2) is 9.78 Å². The molecular formula is C14H15NO5. The average molecular weight is 277 g/mol. The third kappa shape index (κ3) is 2.45. The molecule has 0 fully saturated rings. The Hall–Kier alpha value is -2.50. The Morgan fingerprint density at radius 3 is 2.60 bits per heavy atom. The molecule has 106 valence electrons. The summed E-state index contributed by atoms with van der Waals surface area (Å²) < 4.78 is 15.7. The summed E-state index contributed by atoms with van der Waals surface area (Å²) in [5.41, 5.74) is 0.950. The van der Waals surface area contributed by atoms with Crippen molar-refractivity contribution in [2.75, 3.05) is 14.2 Å². The second-order valence-corrected chi connectivity index (χ2v) is 4.02. The van der Waals surface area contributed by atoms with Crippen LogP contribution >= 0.6 is 0 Å². The zero-order chi connectivity index (χ0) is 14.7. The number of ether oxygens (including phenoxy) is 2. The van der Waals surface area contributed by atoms with Gasteiger partial charge in [-0.3, -0.25) is 0 Å². The second-order valence-electron chi connectivity index (χ2n) is 4.02. The van der Waals surface area contributed by atoms with Gasteiger partial charge in [-0.2, -0.15) is 0 Å². The molecule has 0 aliphatic heterocycles. The van der Waals surface area contributed by atoms with Crippen molar-refractivity contribution in [1.29, 1.82) is 0 Å². The molecule has 0 saturated heterocycles. The number of carbonyl (C=O) groups is 1. The summed E-state index contributed by atoms with van der Waals surface area (Å²) in [7, 11) is 3.06. The fourth-order valence-corrected chi connectivity index (χ4v) is 1.85. The lowest BCUT2D eigenvalue weighted by atomic mass is 10.2. The van der Waals surface area contributed by atoms with Crippen LogP contribution in [-0.2, 0) is 6.42 Å². The first-order chi connectivity index (χ1) is 9.60. The molecule has 1 aromatic carbocycles. The van der Waals surface area contributed by atoms with E-state index in [1.54, 1.807) is 25.3 Å². The van der Waals surface area contributed by atoms with E-state index in [1.165, 1.54) is 7.11 Å². The number of methoxy groups -OCH3 is 2. The van der Waals surface area contributed by atoms with Crippen LogP contribution in [0.3, 0.4) is 0 Å². The number of aromatic carboxylic acids is 1. The third-order valence-electron chi connectivity index (χ3n) is 2.86. The molecule has 2 rings (SSSR count). The van der Waals surface area contributed by atoms with Gasteiger partial charge < -0.3 is 19.0 Å². The van der Waals surface area contributed by atoms with Gasteiger partial charge in [-0.1, -0.05) is 6.92 Å². The molecule has 0 aliphatic carbocycles. The van der Waals surface area contributed by atoms with Crippen molar-refractivity contribution in [2.24, 2.45) is 0 Å². The van der Waals surface area contributed by atoms with Gasteiger partial charge in [0.1, 0.15) is 11.5 Å². The molecule has 1 N–H and O–H groups in total. The van der Waals surface area contributed by atoms with Gasteiger partial charge in [0.2, 0.25) is 11.7 Å². The smallest absolute Gasteiger partial charge is 0.373 e. The van der Waals surface area contributed by atoms with Gasteiger partial charge in [0, 0.05) is 0 Å². The minimum atomic E-state index is -1.14. The number of nitrogens with zero attached hydrogens (tertiary/aromatic N) is 1. The average Bonchev–Trinajstić information content (AvgIpc) is 2.90. The maximum Gasteiger partial charge on any atom is 0.373 e. The number of carboxylic acid groups (broad SMARTS) is 1. The number of rotatable bonds is 5. The number of hydrogen-bond acceptors (Lipinski definition) is 5. The molecular weight excluding hydrogens is 262 g/mol. The van der Waals surface area contributed by atoms with Crippen LogP contribution in [0.1, 0.15) is 23.2 Å². The van der Waals surface area contributed by atoms with E-state index in [0.29, 0.717) is 29.2 Å². The highest BCUT2D eigenvalue weighted by molar-refractivity contribution is 5.86. The highest BCUT2D eigenvalue weighted by Crippen LogP contribution is 2.34. The Labute approximate surface area is 116 Å². The molecule has 6 heteroatoms. The zero-order valence-electron chi connectivity index (χ0n) is 11.5. The summed E-state index contributed by atoms with van der Waals surface area (Å²) in [5, 5.41) is 9.09. The van der Waals surface area contributed by atoms with Crippen LogP contribution in [0.2, 0.25) is 0 Å². The van der Waals surface area contributed by atoms with E-state index in [1.807, 2.05) is 6.92 Å². The Bertz CT molecular complexity index is 632. The second kappa shape index (κ2) is 5.64. The molecule has 6 nitrogen and oxygen atoms in total. The summed E-state index contributed by atoms with van der Waals surface area (Å²) >= 11 is 0. The maximum atomic E-state index is 11.1. The molecule has 0 spiro atoms. The summed E-state index contributed by atoms with van der Waals surface area (Å²) in [6, 6.07) is 5.14. The van der Waals surface area contributed by atoms with Crippen LogP contribution in [-0.4, -0.2) is 30.3 Å². The van der Waals surface area contributed by atoms with E-state index in [-0.39, 0.29) is 11.7 Å². The van der Waals surface area contributed by atoms with Gasteiger partial charge in [0.05, 0.1) is 25.5 Å². The Morgan fingerprint density at radius 2 is 2.10 bits per heavy atom. The summed E-state index contributed by atoms with van der Waals surface area (Å²) in [4.78, 5) is 15.3. The Balaban J connectivity index is 2.58. The third-order valence-corrected chi connectivity index (χ3v) is 2.86. The van der Waals surface area contributed by atoms with E-state index in [0.717, 1.165) is 0 Å². The van der Waals surface area contributed by atoms with Gasteiger partial charge in [-0.05, 0) is 24.6 Å². The fourth-order valence-electron chi connectivity index (χ4n) is 1.85. The van der Waals surface area contributed by atoms with Crippen LogP contribution in [0, 0.1) is 0 Å². The normalized spacial score (nSPS) is 10.3. The Kier molecular flexibility index (Phi) is 3.93. The molecule has 0 atom stereocenters. The van der Waals surface area contributed by atoms with Crippen LogP contribution in [0.15, 0.2) is 22.6 Å².